The highest BCUT2D eigenvalue weighted by molar-refractivity contribution is 5.78. The van der Waals surface area contributed by atoms with E-state index >= 15 is 0 Å². The first-order valence-corrected chi connectivity index (χ1v) is 9.92. The van der Waals surface area contributed by atoms with Crippen LogP contribution in [-0.4, -0.2) is 34.5 Å². The maximum atomic E-state index is 12.0. The Kier molecular flexibility index (Phi) is 4.10. The highest BCUT2D eigenvalue weighted by atomic mass is 16.5. The molecule has 32 heavy (non-hydrogen) atoms. The number of rotatable bonds is 4. The molecule has 6 rings (SSSR count). The Labute approximate surface area is 180 Å². The van der Waals surface area contributed by atoms with E-state index in [4.69, 9.17) is 4.52 Å². The predicted octanol–water partition coefficient (Wildman–Crippen LogP) is 3.23. The van der Waals surface area contributed by atoms with E-state index in [1.807, 2.05) is 59.2 Å². The Morgan fingerprint density at radius 1 is 0.875 bits per heavy atom. The molecule has 4 aromatic heterocycles. The average molecular weight is 421 g/mol. The van der Waals surface area contributed by atoms with Gasteiger partial charge in [-0.1, -0.05) is 29.4 Å². The molecule has 9 heteroatoms. The largest absolute Gasteiger partial charge is 0.337 e. The molecule has 0 aliphatic rings. The number of hydrogen-bond donors (Lipinski definition) is 0. The Morgan fingerprint density at radius 2 is 1.72 bits per heavy atom. The van der Waals surface area contributed by atoms with Crippen LogP contribution in [-0.2, 0) is 6.54 Å². The van der Waals surface area contributed by atoms with Crippen molar-refractivity contribution in [3.8, 4) is 17.2 Å². The van der Waals surface area contributed by atoms with Gasteiger partial charge in [-0.2, -0.15) is 10.1 Å². The van der Waals surface area contributed by atoms with Crippen LogP contribution >= 0.6 is 0 Å². The second-order valence-electron chi connectivity index (χ2n) is 7.20. The molecule has 0 atom stereocenters. The quantitative estimate of drug-likeness (QED) is 0.430. The van der Waals surface area contributed by atoms with E-state index in [0.29, 0.717) is 22.6 Å². The molecule has 0 N–H and O–H groups in total. The molecule has 0 aliphatic heterocycles. The van der Waals surface area contributed by atoms with Crippen LogP contribution in [0.25, 0.3) is 39.1 Å². The van der Waals surface area contributed by atoms with Crippen molar-refractivity contribution in [1.29, 1.82) is 0 Å². The molecule has 0 aliphatic carbocycles. The van der Waals surface area contributed by atoms with Crippen molar-refractivity contribution in [3.63, 3.8) is 0 Å². The van der Waals surface area contributed by atoms with Gasteiger partial charge in [0.25, 0.3) is 0 Å². The predicted molar refractivity (Wildman–Crippen MR) is 117 cm³/mol. The maximum Gasteiger partial charge on any atom is 0.248 e. The molecule has 6 aromatic rings. The van der Waals surface area contributed by atoms with Gasteiger partial charge in [-0.25, -0.2) is 9.97 Å². The molecule has 0 bridgehead atoms. The Hall–Kier alpha value is -4.66. The van der Waals surface area contributed by atoms with Gasteiger partial charge in [0.15, 0.2) is 0 Å². The molecular weight excluding hydrogens is 406 g/mol. The van der Waals surface area contributed by atoms with Gasteiger partial charge in [0.2, 0.25) is 17.1 Å². The van der Waals surface area contributed by atoms with Crippen LogP contribution in [0, 0.1) is 0 Å². The summed E-state index contributed by atoms with van der Waals surface area (Å²) in [5, 5.41) is 8.87. The van der Waals surface area contributed by atoms with Crippen molar-refractivity contribution in [2.45, 2.75) is 6.54 Å². The van der Waals surface area contributed by atoms with Crippen LogP contribution in [0.3, 0.4) is 0 Å². The first kappa shape index (κ1) is 18.1. The summed E-state index contributed by atoms with van der Waals surface area (Å²) >= 11 is 0. The fourth-order valence-electron chi connectivity index (χ4n) is 3.65. The van der Waals surface area contributed by atoms with Gasteiger partial charge in [-0.05, 0) is 36.4 Å². The number of pyridine rings is 1. The van der Waals surface area contributed by atoms with E-state index in [-0.39, 0.29) is 12.0 Å². The van der Waals surface area contributed by atoms with Crippen molar-refractivity contribution in [1.82, 2.24) is 34.5 Å². The van der Waals surface area contributed by atoms with Crippen molar-refractivity contribution >= 4 is 21.9 Å². The van der Waals surface area contributed by atoms with E-state index in [1.165, 1.54) is 6.20 Å². The number of nitrogens with zero attached hydrogens (tertiary/aromatic N) is 7. The van der Waals surface area contributed by atoms with Crippen molar-refractivity contribution in [3.05, 3.63) is 95.5 Å². The van der Waals surface area contributed by atoms with Gasteiger partial charge in [0, 0.05) is 17.1 Å². The lowest BCUT2D eigenvalue weighted by Gasteiger charge is -2.05. The van der Waals surface area contributed by atoms with E-state index in [9.17, 15) is 4.79 Å². The molecule has 4 heterocycles. The summed E-state index contributed by atoms with van der Waals surface area (Å²) in [5.41, 5.74) is 3.20. The highest BCUT2D eigenvalue weighted by Crippen LogP contribution is 2.20. The minimum atomic E-state index is -0.125. The first-order chi connectivity index (χ1) is 15.8. The number of para-hydroxylation sites is 3. The fraction of sp³-hybridized carbons (Fsp3) is 0.0435. The first-order valence-electron chi connectivity index (χ1n) is 9.92. The van der Waals surface area contributed by atoms with Crippen LogP contribution in [0.4, 0.5) is 0 Å². The average Bonchev–Trinajstić information content (AvgIpc) is 3.49. The van der Waals surface area contributed by atoms with Gasteiger partial charge in [-0.15, -0.1) is 0 Å². The van der Waals surface area contributed by atoms with Gasteiger partial charge < -0.3 is 4.52 Å². The summed E-state index contributed by atoms with van der Waals surface area (Å²) in [4.78, 5) is 25.4. The second kappa shape index (κ2) is 7.24. The zero-order valence-electron chi connectivity index (χ0n) is 16.7. The number of benzene rings is 2. The van der Waals surface area contributed by atoms with E-state index < -0.39 is 0 Å². The normalized spacial score (nSPS) is 11.4. The number of aromatic nitrogens is 7. The second-order valence-corrected chi connectivity index (χ2v) is 7.20. The SMILES string of the molecule is O=c1cnn(Cc2nc(-c3ccc(-n4cnc5ccccc54)nc3)no2)c2ccccc12. The van der Waals surface area contributed by atoms with E-state index in [1.54, 1.807) is 23.3 Å². The monoisotopic (exact) mass is 421 g/mol. The third-order valence-corrected chi connectivity index (χ3v) is 5.22. The fourth-order valence-corrected chi connectivity index (χ4v) is 3.65. The summed E-state index contributed by atoms with van der Waals surface area (Å²) in [7, 11) is 0. The summed E-state index contributed by atoms with van der Waals surface area (Å²) in [6.45, 7) is 0.250. The number of fused-ring (bicyclic) bond motifs is 2. The standard InChI is InChI=1S/C23H15N7O2/c31-20-12-26-30(18-7-3-1-5-16(18)20)13-22-27-23(28-32-22)15-9-10-21(24-11-15)29-14-25-17-6-2-4-8-19(17)29/h1-12,14H,13H2. The van der Waals surface area contributed by atoms with Gasteiger partial charge in [0.05, 0.1) is 22.7 Å². The van der Waals surface area contributed by atoms with E-state index in [0.717, 1.165) is 22.4 Å². The minimum Gasteiger partial charge on any atom is -0.337 e. The topological polar surface area (TPSA) is 105 Å². The molecule has 0 radical (unpaired) electrons. The highest BCUT2D eigenvalue weighted by Gasteiger charge is 2.13. The van der Waals surface area contributed by atoms with Crippen molar-refractivity contribution < 1.29 is 4.52 Å². The number of hydrogen-bond acceptors (Lipinski definition) is 7. The smallest absolute Gasteiger partial charge is 0.248 e. The summed E-state index contributed by atoms with van der Waals surface area (Å²) in [6, 6.07) is 18.9. The molecule has 0 spiro atoms. The third-order valence-electron chi connectivity index (χ3n) is 5.22. The molecule has 0 saturated carbocycles. The third kappa shape index (κ3) is 3.03. The Morgan fingerprint density at radius 3 is 2.59 bits per heavy atom. The minimum absolute atomic E-state index is 0.125. The van der Waals surface area contributed by atoms with Gasteiger partial charge in [-0.3, -0.25) is 14.0 Å². The molecular formula is C23H15N7O2. The molecule has 0 unspecified atom stereocenters. The summed E-state index contributed by atoms with van der Waals surface area (Å²) < 4.78 is 9.01. The van der Waals surface area contributed by atoms with Crippen LogP contribution < -0.4 is 5.43 Å². The van der Waals surface area contributed by atoms with Crippen LogP contribution in [0.2, 0.25) is 0 Å². The maximum absolute atomic E-state index is 12.0. The lowest BCUT2D eigenvalue weighted by atomic mass is 10.2. The zero-order chi connectivity index (χ0) is 21.5. The molecule has 9 nitrogen and oxygen atoms in total. The lowest BCUT2D eigenvalue weighted by molar-refractivity contribution is 0.367. The lowest BCUT2D eigenvalue weighted by Crippen LogP contribution is -2.13. The van der Waals surface area contributed by atoms with Crippen LogP contribution in [0.5, 0.6) is 0 Å². The number of imidazole rings is 1. The molecule has 2 aromatic carbocycles. The van der Waals surface area contributed by atoms with Crippen LogP contribution in [0.1, 0.15) is 5.89 Å². The molecule has 0 saturated heterocycles. The van der Waals surface area contributed by atoms with Crippen LogP contribution in [0.15, 0.2) is 88.7 Å². The van der Waals surface area contributed by atoms with E-state index in [2.05, 4.69) is 25.2 Å². The van der Waals surface area contributed by atoms with Crippen molar-refractivity contribution in [2.24, 2.45) is 0 Å². The molecule has 154 valence electrons. The molecule has 0 fully saturated rings. The van der Waals surface area contributed by atoms with Gasteiger partial charge >= 0.3 is 0 Å². The zero-order valence-corrected chi connectivity index (χ0v) is 16.7. The molecule has 0 amide bonds. The Bertz CT molecular complexity index is 1630. The summed E-state index contributed by atoms with van der Waals surface area (Å²) in [6.07, 6.45) is 4.74. The van der Waals surface area contributed by atoms with Crippen molar-refractivity contribution in [2.75, 3.05) is 0 Å². The Balaban J connectivity index is 1.29. The summed E-state index contributed by atoms with van der Waals surface area (Å²) in [5.74, 6) is 1.56. The van der Waals surface area contributed by atoms with Gasteiger partial charge in [0.1, 0.15) is 18.7 Å².